The fraction of sp³-hybridized carbons (Fsp3) is 0.538. The second kappa shape index (κ2) is 5.06. The van der Waals surface area contributed by atoms with E-state index in [9.17, 15) is 4.39 Å². The average molecular weight is 347 g/mol. The molecule has 0 amide bonds. The lowest BCUT2D eigenvalue weighted by atomic mass is 9.79. The summed E-state index contributed by atoms with van der Waals surface area (Å²) < 4.78 is 26.5. The third-order valence-electron chi connectivity index (χ3n) is 3.79. The van der Waals surface area contributed by atoms with E-state index in [0.29, 0.717) is 9.37 Å². The third-order valence-corrected chi connectivity index (χ3v) is 5.23. The van der Waals surface area contributed by atoms with Crippen molar-refractivity contribution < 1.29 is 13.7 Å². The molecule has 0 aromatic heterocycles. The zero-order valence-corrected chi connectivity index (χ0v) is 14.1. The second-order valence-corrected chi connectivity index (χ2v) is 7.24. The summed E-state index contributed by atoms with van der Waals surface area (Å²) in [5, 5.41) is 0. The fourth-order valence-electron chi connectivity index (χ4n) is 1.91. The summed E-state index contributed by atoms with van der Waals surface area (Å²) in [7, 11) is -0.532. The van der Waals surface area contributed by atoms with Gasteiger partial charge in [0.15, 0.2) is 5.82 Å². The molecule has 1 heterocycles. The van der Waals surface area contributed by atoms with Gasteiger partial charge in [-0.2, -0.15) is 0 Å². The molecule has 1 aliphatic rings. The number of halogens is 2. The molecule has 0 bridgehead atoms. The largest absolute Gasteiger partial charge is 0.496 e. The third kappa shape index (κ3) is 2.60. The molecule has 0 spiro atoms. The van der Waals surface area contributed by atoms with Crippen LogP contribution in [-0.4, -0.2) is 24.6 Å². The Balaban J connectivity index is 2.43. The highest BCUT2D eigenvalue weighted by atomic mass is 79.9. The molecular weight excluding hydrogens is 330 g/mol. The Morgan fingerprint density at radius 3 is 2.16 bits per heavy atom. The van der Waals surface area contributed by atoms with Gasteiger partial charge in [-0.1, -0.05) is 6.07 Å². The smallest absolute Gasteiger partial charge is 0.399 e. The summed E-state index contributed by atoms with van der Waals surface area (Å²) in [6, 6.07) is 3.54. The Bertz CT molecular complexity index is 492. The van der Waals surface area contributed by atoms with Crippen LogP contribution in [0, 0.1) is 5.82 Å². The van der Waals surface area contributed by atoms with E-state index in [4.69, 9.17) is 9.31 Å². The quantitative estimate of drug-likeness (QED) is 0.602. The van der Waals surface area contributed by atoms with Crippen LogP contribution in [0.3, 0.4) is 0 Å². The van der Waals surface area contributed by atoms with Gasteiger partial charge >= 0.3 is 7.12 Å². The van der Waals surface area contributed by atoms with E-state index in [0.717, 1.165) is 5.46 Å². The summed E-state index contributed by atoms with van der Waals surface area (Å²) in [6.45, 7) is 7.95. The zero-order chi connectivity index (χ0) is 14.4. The Hall–Kier alpha value is -0.0351. The van der Waals surface area contributed by atoms with Crippen LogP contribution < -0.4 is 5.46 Å². The van der Waals surface area contributed by atoms with Crippen LogP contribution in [0.1, 0.15) is 27.7 Å². The minimum Gasteiger partial charge on any atom is -0.399 e. The van der Waals surface area contributed by atoms with Crippen molar-refractivity contribution in [2.75, 3.05) is 6.26 Å². The number of rotatable bonds is 2. The molecule has 0 unspecified atom stereocenters. The molecule has 19 heavy (non-hydrogen) atoms. The van der Waals surface area contributed by atoms with Gasteiger partial charge in [0, 0.05) is 4.90 Å². The number of hydrogen-bond acceptors (Lipinski definition) is 3. The Morgan fingerprint density at radius 2 is 1.68 bits per heavy atom. The Labute approximate surface area is 126 Å². The maximum Gasteiger partial charge on any atom is 0.496 e. The minimum absolute atomic E-state index is 0.264. The predicted molar refractivity (Wildman–Crippen MR) is 81.6 cm³/mol. The lowest BCUT2D eigenvalue weighted by molar-refractivity contribution is 0.00578. The molecule has 0 saturated carbocycles. The highest BCUT2D eigenvalue weighted by Crippen LogP contribution is 2.37. The van der Waals surface area contributed by atoms with E-state index < -0.39 is 18.3 Å². The molecule has 1 aliphatic heterocycles. The second-order valence-electron chi connectivity index (χ2n) is 5.57. The van der Waals surface area contributed by atoms with Crippen LogP contribution in [0.4, 0.5) is 4.39 Å². The predicted octanol–water partition coefficient (Wildman–Crippen LogP) is 3.61. The molecular formula is C13H17BBrFO2S. The van der Waals surface area contributed by atoms with Gasteiger partial charge in [-0.05, 0) is 61.4 Å². The Morgan fingerprint density at radius 1 is 1.16 bits per heavy atom. The van der Waals surface area contributed by atoms with E-state index in [1.807, 2.05) is 40.0 Å². The van der Waals surface area contributed by atoms with E-state index in [1.54, 1.807) is 6.07 Å². The first-order chi connectivity index (χ1) is 8.69. The maximum atomic E-state index is 14.1. The van der Waals surface area contributed by atoms with Crippen molar-refractivity contribution in [3.8, 4) is 0 Å². The van der Waals surface area contributed by atoms with Gasteiger partial charge < -0.3 is 9.31 Å². The molecule has 104 valence electrons. The van der Waals surface area contributed by atoms with E-state index in [1.165, 1.54) is 11.8 Å². The van der Waals surface area contributed by atoms with E-state index >= 15 is 0 Å². The first-order valence-corrected chi connectivity index (χ1v) is 8.09. The van der Waals surface area contributed by atoms with Gasteiger partial charge in [0.2, 0.25) is 0 Å². The average Bonchev–Trinajstić information content (AvgIpc) is 2.51. The van der Waals surface area contributed by atoms with Crippen molar-refractivity contribution in [1.82, 2.24) is 0 Å². The van der Waals surface area contributed by atoms with Crippen LogP contribution in [0.15, 0.2) is 21.5 Å². The summed E-state index contributed by atoms with van der Waals surface area (Å²) in [5.74, 6) is -0.264. The first kappa shape index (κ1) is 15.4. The normalized spacial score (nSPS) is 20.9. The van der Waals surface area contributed by atoms with Crippen LogP contribution in [-0.2, 0) is 9.31 Å². The van der Waals surface area contributed by atoms with E-state index in [2.05, 4.69) is 15.9 Å². The van der Waals surface area contributed by atoms with Crippen molar-refractivity contribution in [1.29, 1.82) is 0 Å². The highest BCUT2D eigenvalue weighted by Gasteiger charge is 2.52. The molecule has 1 fully saturated rings. The molecule has 1 aromatic rings. The molecule has 0 atom stereocenters. The zero-order valence-electron chi connectivity index (χ0n) is 11.7. The topological polar surface area (TPSA) is 18.5 Å². The number of benzene rings is 1. The van der Waals surface area contributed by atoms with Crippen LogP contribution in [0.25, 0.3) is 0 Å². The van der Waals surface area contributed by atoms with Gasteiger partial charge in [0.25, 0.3) is 0 Å². The molecule has 1 saturated heterocycles. The fourth-order valence-corrected chi connectivity index (χ4v) is 3.06. The summed E-state index contributed by atoms with van der Waals surface area (Å²) in [5.41, 5.74) is -0.0970. The van der Waals surface area contributed by atoms with Gasteiger partial charge in [-0.25, -0.2) is 4.39 Å². The maximum absolute atomic E-state index is 14.1. The van der Waals surface area contributed by atoms with Crippen molar-refractivity contribution in [3.63, 3.8) is 0 Å². The van der Waals surface area contributed by atoms with Gasteiger partial charge in [0.1, 0.15) is 0 Å². The molecule has 0 aliphatic carbocycles. The summed E-state index contributed by atoms with van der Waals surface area (Å²) in [4.78, 5) is 0.563. The summed E-state index contributed by atoms with van der Waals surface area (Å²) in [6.07, 6.45) is 1.85. The van der Waals surface area contributed by atoms with Gasteiger partial charge in [-0.3, -0.25) is 0 Å². The number of thioether (sulfide) groups is 1. The monoisotopic (exact) mass is 346 g/mol. The van der Waals surface area contributed by atoms with E-state index in [-0.39, 0.29) is 5.82 Å². The standard InChI is InChI=1S/C13H17BBrFO2S/c1-12(2)13(3,4)18-14(17-12)8-6-7-9(15)10(16)11(8)19-5/h6-7H,1-5H3. The Kier molecular flexibility index (Phi) is 4.09. The van der Waals surface area contributed by atoms with Gasteiger partial charge in [0.05, 0.1) is 15.7 Å². The molecule has 2 nitrogen and oxygen atoms in total. The minimum atomic E-state index is -0.532. The van der Waals surface area contributed by atoms with Crippen molar-refractivity contribution in [2.45, 2.75) is 43.8 Å². The first-order valence-electron chi connectivity index (χ1n) is 6.07. The highest BCUT2D eigenvalue weighted by molar-refractivity contribution is 9.10. The lowest BCUT2D eigenvalue weighted by Gasteiger charge is -2.32. The molecule has 0 N–H and O–H groups in total. The molecule has 0 radical (unpaired) electrons. The van der Waals surface area contributed by atoms with Crippen LogP contribution in [0.2, 0.25) is 0 Å². The summed E-state index contributed by atoms with van der Waals surface area (Å²) >= 11 is 4.56. The lowest BCUT2D eigenvalue weighted by Crippen LogP contribution is -2.41. The van der Waals surface area contributed by atoms with Crippen molar-refractivity contribution in [3.05, 3.63) is 22.4 Å². The molecule has 2 rings (SSSR count). The van der Waals surface area contributed by atoms with Crippen molar-refractivity contribution in [2.24, 2.45) is 0 Å². The molecule has 6 heteroatoms. The molecule has 1 aromatic carbocycles. The van der Waals surface area contributed by atoms with Crippen LogP contribution >= 0.6 is 27.7 Å². The number of hydrogen-bond donors (Lipinski definition) is 0. The van der Waals surface area contributed by atoms with Crippen molar-refractivity contribution >= 4 is 40.3 Å². The SMILES string of the molecule is CSc1c(B2OC(C)(C)C(C)(C)O2)ccc(Br)c1F. The van der Waals surface area contributed by atoms with Gasteiger partial charge in [-0.15, -0.1) is 11.8 Å². The van der Waals surface area contributed by atoms with Crippen LogP contribution in [0.5, 0.6) is 0 Å².